The summed E-state index contributed by atoms with van der Waals surface area (Å²) in [5, 5.41) is 4.38. The number of hydrogen-bond donors (Lipinski definition) is 0. The van der Waals surface area contributed by atoms with E-state index < -0.39 is 0 Å². The molecule has 0 spiro atoms. The molecule has 0 bridgehead atoms. The van der Waals surface area contributed by atoms with Crippen LogP contribution in [0.25, 0.3) is 11.3 Å². The average Bonchev–Trinajstić information content (AvgIpc) is 2.74. The van der Waals surface area contributed by atoms with Crippen molar-refractivity contribution < 1.29 is 9.18 Å². The van der Waals surface area contributed by atoms with Crippen molar-refractivity contribution in [2.24, 2.45) is 5.92 Å². The third kappa shape index (κ3) is 2.89. The minimum Gasteiger partial charge on any atom is -0.298 e. The molecule has 100 valence electrons. The van der Waals surface area contributed by atoms with Gasteiger partial charge in [-0.05, 0) is 24.5 Å². The number of nitrogens with zero attached hydrogens (tertiary/aromatic N) is 2. The number of rotatable bonds is 4. The number of aryl methyl sites for hydroxylation is 1. The number of carbonyl (C=O) groups excluding carboxylic acids is 1. The SMILES string of the molecule is Cc1ccc(-c2nn(CC(C)C)cc2C=O)cc1F. The molecule has 0 aliphatic rings. The van der Waals surface area contributed by atoms with Crippen LogP contribution >= 0.6 is 0 Å². The molecule has 0 N–H and O–H groups in total. The minimum atomic E-state index is -0.284. The molecule has 0 saturated heterocycles. The standard InChI is InChI=1S/C15H17FN2O/c1-10(2)7-18-8-13(9-19)15(17-18)12-5-4-11(3)14(16)6-12/h4-6,8-10H,7H2,1-3H3. The van der Waals surface area contributed by atoms with Crippen LogP contribution in [0, 0.1) is 18.7 Å². The summed E-state index contributed by atoms with van der Waals surface area (Å²) in [7, 11) is 0. The number of benzene rings is 1. The first kappa shape index (κ1) is 13.5. The fourth-order valence-electron chi connectivity index (χ4n) is 1.96. The quantitative estimate of drug-likeness (QED) is 0.789. The van der Waals surface area contributed by atoms with E-state index in [1.54, 1.807) is 29.9 Å². The molecule has 0 fully saturated rings. The number of aldehydes is 1. The molecule has 0 unspecified atom stereocenters. The van der Waals surface area contributed by atoms with Crippen molar-refractivity contribution in [3.05, 3.63) is 41.3 Å². The van der Waals surface area contributed by atoms with Gasteiger partial charge in [-0.25, -0.2) is 4.39 Å². The van der Waals surface area contributed by atoms with Gasteiger partial charge < -0.3 is 0 Å². The second kappa shape index (κ2) is 5.34. The van der Waals surface area contributed by atoms with Crippen LogP contribution < -0.4 is 0 Å². The topological polar surface area (TPSA) is 34.9 Å². The van der Waals surface area contributed by atoms with Gasteiger partial charge in [0.1, 0.15) is 11.5 Å². The third-order valence-electron chi connectivity index (χ3n) is 2.91. The van der Waals surface area contributed by atoms with E-state index in [0.29, 0.717) is 28.3 Å². The molecule has 2 aromatic rings. The second-order valence-electron chi connectivity index (χ2n) is 5.13. The van der Waals surface area contributed by atoms with Crippen molar-refractivity contribution in [1.82, 2.24) is 9.78 Å². The lowest BCUT2D eigenvalue weighted by Gasteiger charge is -2.04. The molecular formula is C15H17FN2O. The molecule has 2 rings (SSSR count). The first-order valence-corrected chi connectivity index (χ1v) is 6.30. The first-order chi connectivity index (χ1) is 9.01. The summed E-state index contributed by atoms with van der Waals surface area (Å²) in [5.74, 6) is 0.148. The Labute approximate surface area is 112 Å². The summed E-state index contributed by atoms with van der Waals surface area (Å²) in [6.07, 6.45) is 2.47. The van der Waals surface area contributed by atoms with Crippen molar-refractivity contribution in [3.8, 4) is 11.3 Å². The molecule has 0 aliphatic carbocycles. The van der Waals surface area contributed by atoms with E-state index in [-0.39, 0.29) is 5.82 Å². The number of hydrogen-bond acceptors (Lipinski definition) is 2. The highest BCUT2D eigenvalue weighted by Crippen LogP contribution is 2.23. The van der Waals surface area contributed by atoms with Gasteiger partial charge in [0.25, 0.3) is 0 Å². The zero-order valence-corrected chi connectivity index (χ0v) is 11.4. The van der Waals surface area contributed by atoms with E-state index in [9.17, 15) is 9.18 Å². The summed E-state index contributed by atoms with van der Waals surface area (Å²) in [6, 6.07) is 4.90. The highest BCUT2D eigenvalue weighted by Gasteiger charge is 2.12. The Morgan fingerprint density at radius 3 is 2.74 bits per heavy atom. The molecular weight excluding hydrogens is 243 g/mol. The van der Waals surface area contributed by atoms with Crippen LogP contribution in [0.5, 0.6) is 0 Å². The lowest BCUT2D eigenvalue weighted by molar-refractivity contribution is 0.112. The number of carbonyl (C=O) groups is 1. The molecule has 1 aromatic heterocycles. The average molecular weight is 260 g/mol. The Morgan fingerprint density at radius 2 is 2.16 bits per heavy atom. The summed E-state index contributed by atoms with van der Waals surface area (Å²) >= 11 is 0. The van der Waals surface area contributed by atoms with Gasteiger partial charge in [0.05, 0.1) is 5.56 Å². The molecule has 0 radical (unpaired) electrons. The molecule has 0 saturated carbocycles. The van der Waals surface area contributed by atoms with Crippen molar-refractivity contribution in [2.45, 2.75) is 27.3 Å². The van der Waals surface area contributed by atoms with Crippen LogP contribution in [-0.2, 0) is 6.54 Å². The fourth-order valence-corrected chi connectivity index (χ4v) is 1.96. The summed E-state index contributed by atoms with van der Waals surface area (Å²) in [5.41, 5.74) is 2.24. The summed E-state index contributed by atoms with van der Waals surface area (Å²) < 4.78 is 15.3. The molecule has 3 nitrogen and oxygen atoms in total. The Hall–Kier alpha value is -1.97. The van der Waals surface area contributed by atoms with E-state index in [2.05, 4.69) is 18.9 Å². The number of halogens is 1. The third-order valence-corrected chi connectivity index (χ3v) is 2.91. The van der Waals surface area contributed by atoms with Gasteiger partial charge in [-0.2, -0.15) is 5.10 Å². The smallest absolute Gasteiger partial charge is 0.153 e. The van der Waals surface area contributed by atoms with Crippen LogP contribution in [0.3, 0.4) is 0 Å². The van der Waals surface area contributed by atoms with Crippen LogP contribution in [0.1, 0.15) is 29.8 Å². The van der Waals surface area contributed by atoms with Crippen molar-refractivity contribution >= 4 is 6.29 Å². The predicted molar refractivity (Wildman–Crippen MR) is 72.6 cm³/mol. The van der Waals surface area contributed by atoms with E-state index in [0.717, 1.165) is 12.8 Å². The van der Waals surface area contributed by atoms with E-state index in [4.69, 9.17) is 0 Å². The Balaban J connectivity index is 2.45. The van der Waals surface area contributed by atoms with Crippen molar-refractivity contribution in [2.75, 3.05) is 0 Å². The van der Waals surface area contributed by atoms with Crippen molar-refractivity contribution in [3.63, 3.8) is 0 Å². The molecule has 0 amide bonds. The predicted octanol–water partition coefficient (Wildman–Crippen LogP) is 3.47. The van der Waals surface area contributed by atoms with Gasteiger partial charge in [0, 0.05) is 18.3 Å². The number of aromatic nitrogens is 2. The van der Waals surface area contributed by atoms with Gasteiger partial charge in [-0.15, -0.1) is 0 Å². The molecule has 0 atom stereocenters. The maximum absolute atomic E-state index is 13.6. The van der Waals surface area contributed by atoms with Crippen LogP contribution in [0.2, 0.25) is 0 Å². The maximum Gasteiger partial charge on any atom is 0.153 e. The molecule has 0 aliphatic heterocycles. The van der Waals surface area contributed by atoms with Gasteiger partial charge in [0.15, 0.2) is 6.29 Å². The van der Waals surface area contributed by atoms with Crippen LogP contribution in [0.4, 0.5) is 4.39 Å². The summed E-state index contributed by atoms with van der Waals surface area (Å²) in [4.78, 5) is 11.1. The van der Waals surface area contributed by atoms with E-state index in [1.165, 1.54) is 6.07 Å². The summed E-state index contributed by atoms with van der Waals surface area (Å²) in [6.45, 7) is 6.59. The molecule has 1 aromatic carbocycles. The van der Waals surface area contributed by atoms with E-state index >= 15 is 0 Å². The van der Waals surface area contributed by atoms with Gasteiger partial charge in [-0.3, -0.25) is 9.48 Å². The second-order valence-corrected chi connectivity index (χ2v) is 5.13. The minimum absolute atomic E-state index is 0.284. The Kier molecular flexibility index (Phi) is 3.79. The first-order valence-electron chi connectivity index (χ1n) is 6.30. The van der Waals surface area contributed by atoms with Gasteiger partial charge in [0.2, 0.25) is 0 Å². The van der Waals surface area contributed by atoms with Crippen LogP contribution in [-0.4, -0.2) is 16.1 Å². The normalized spacial score (nSPS) is 11.0. The zero-order valence-electron chi connectivity index (χ0n) is 11.4. The lowest BCUT2D eigenvalue weighted by Crippen LogP contribution is -2.04. The molecule has 4 heteroatoms. The van der Waals surface area contributed by atoms with Gasteiger partial charge in [-0.1, -0.05) is 26.0 Å². The molecule has 19 heavy (non-hydrogen) atoms. The van der Waals surface area contributed by atoms with Crippen LogP contribution in [0.15, 0.2) is 24.4 Å². The van der Waals surface area contributed by atoms with Crippen molar-refractivity contribution in [1.29, 1.82) is 0 Å². The highest BCUT2D eigenvalue weighted by molar-refractivity contribution is 5.85. The monoisotopic (exact) mass is 260 g/mol. The van der Waals surface area contributed by atoms with Gasteiger partial charge >= 0.3 is 0 Å². The Bertz CT molecular complexity index is 602. The Morgan fingerprint density at radius 1 is 1.42 bits per heavy atom. The fraction of sp³-hybridized carbons (Fsp3) is 0.333. The van der Waals surface area contributed by atoms with E-state index in [1.807, 2.05) is 0 Å². The molecule has 1 heterocycles. The zero-order chi connectivity index (χ0) is 14.0. The maximum atomic E-state index is 13.6. The largest absolute Gasteiger partial charge is 0.298 e. The highest BCUT2D eigenvalue weighted by atomic mass is 19.1. The lowest BCUT2D eigenvalue weighted by atomic mass is 10.1.